The van der Waals surface area contributed by atoms with E-state index in [-0.39, 0.29) is 17.3 Å². The van der Waals surface area contributed by atoms with Crippen LogP contribution in [-0.2, 0) is 15.4 Å². The maximum absolute atomic E-state index is 13.0. The van der Waals surface area contributed by atoms with Crippen LogP contribution in [0.15, 0.2) is 36.5 Å². The number of nitrogens with zero attached hydrogens (tertiary/aromatic N) is 1. The average Bonchev–Trinajstić information content (AvgIpc) is 2.73. The number of aromatic nitrogens is 1. The van der Waals surface area contributed by atoms with Crippen molar-refractivity contribution < 1.29 is 22.7 Å². The molecule has 1 aromatic heterocycles. The highest BCUT2D eigenvalue weighted by molar-refractivity contribution is 7.93. The lowest BCUT2D eigenvalue weighted by atomic mass is 9.84. The van der Waals surface area contributed by atoms with Gasteiger partial charge in [0.1, 0.15) is 27.8 Å². The van der Waals surface area contributed by atoms with Crippen molar-refractivity contribution in [3.8, 4) is 11.5 Å². The Morgan fingerprint density at radius 2 is 2.06 bits per heavy atom. The minimum atomic E-state index is -3.60. The van der Waals surface area contributed by atoms with E-state index in [1.165, 1.54) is 27.2 Å². The van der Waals surface area contributed by atoms with Crippen LogP contribution >= 0.6 is 0 Å². The molecule has 4 rings (SSSR count). The molecule has 1 fully saturated rings. The van der Waals surface area contributed by atoms with Crippen LogP contribution in [0.5, 0.6) is 11.5 Å². The molecule has 3 heterocycles. The molecule has 31 heavy (non-hydrogen) atoms. The van der Waals surface area contributed by atoms with Crippen molar-refractivity contribution in [2.45, 2.75) is 30.6 Å². The standard InChI is InChI=1S/C21H24N4O5S/c1-20(2)19(22)25-21(12-31(20,27)28)8-9-30-17-7-4-13(10-15(17)21)24-18(26)16-6-5-14(29-3)11-23-16/h4-7,10-11H,8-9,12H2,1-3H3,(H2,22,25)(H,24,26)/t21-/m0/s1. The molecule has 2 aliphatic rings. The molecular formula is C21H24N4O5S. The van der Waals surface area contributed by atoms with Gasteiger partial charge in [-0.15, -0.1) is 0 Å². The van der Waals surface area contributed by atoms with Crippen LogP contribution in [-0.4, -0.2) is 49.4 Å². The third kappa shape index (κ3) is 3.50. The Bertz CT molecular complexity index is 1160. The maximum Gasteiger partial charge on any atom is 0.274 e. The first-order chi connectivity index (χ1) is 14.6. The summed E-state index contributed by atoms with van der Waals surface area (Å²) in [6.45, 7) is 3.39. The number of sulfone groups is 1. The third-order valence-electron chi connectivity index (χ3n) is 5.92. The fourth-order valence-corrected chi connectivity index (χ4v) is 5.52. The van der Waals surface area contributed by atoms with Gasteiger partial charge in [-0.2, -0.15) is 0 Å². The fraction of sp³-hybridized carbons (Fsp3) is 0.381. The molecule has 1 spiro atoms. The summed E-state index contributed by atoms with van der Waals surface area (Å²) in [5.41, 5.74) is 0.300. The number of nitrogens with one attached hydrogen (secondary N) is 3. The lowest BCUT2D eigenvalue weighted by Gasteiger charge is -2.47. The van der Waals surface area contributed by atoms with E-state index in [4.69, 9.17) is 14.9 Å². The molecule has 9 nitrogen and oxygen atoms in total. The van der Waals surface area contributed by atoms with Gasteiger partial charge in [-0.1, -0.05) is 0 Å². The second kappa shape index (κ2) is 7.23. The molecule has 2 aliphatic heterocycles. The number of amidine groups is 1. The number of rotatable bonds is 3. The summed E-state index contributed by atoms with van der Waals surface area (Å²) >= 11 is 0. The number of ether oxygens (including phenoxy) is 2. The van der Waals surface area contributed by atoms with Gasteiger partial charge in [0.2, 0.25) is 0 Å². The van der Waals surface area contributed by atoms with Crippen molar-refractivity contribution >= 4 is 27.3 Å². The molecule has 0 aliphatic carbocycles. The molecule has 10 heteroatoms. The van der Waals surface area contributed by atoms with E-state index in [1.807, 2.05) is 0 Å². The molecule has 0 unspecified atom stereocenters. The number of amides is 1. The number of benzene rings is 1. The first kappa shape index (κ1) is 21.1. The zero-order valence-electron chi connectivity index (χ0n) is 17.5. The van der Waals surface area contributed by atoms with Gasteiger partial charge < -0.3 is 20.1 Å². The Morgan fingerprint density at radius 1 is 1.29 bits per heavy atom. The first-order valence-corrected chi connectivity index (χ1v) is 11.4. The van der Waals surface area contributed by atoms with Gasteiger partial charge in [0.25, 0.3) is 5.91 Å². The molecule has 1 saturated heterocycles. The maximum atomic E-state index is 13.0. The Morgan fingerprint density at radius 3 is 2.71 bits per heavy atom. The summed E-state index contributed by atoms with van der Waals surface area (Å²) in [5.74, 6) is 0.444. The van der Waals surface area contributed by atoms with E-state index < -0.39 is 26.0 Å². The van der Waals surface area contributed by atoms with Crippen molar-refractivity contribution in [2.75, 3.05) is 24.8 Å². The second-order valence-electron chi connectivity index (χ2n) is 8.20. The molecule has 1 amide bonds. The predicted molar refractivity (Wildman–Crippen MR) is 116 cm³/mol. The Balaban J connectivity index is 1.67. The molecule has 1 atom stereocenters. The van der Waals surface area contributed by atoms with Crippen molar-refractivity contribution in [1.29, 1.82) is 5.41 Å². The van der Waals surface area contributed by atoms with Crippen molar-refractivity contribution in [3.05, 3.63) is 47.8 Å². The SMILES string of the molecule is COc1ccc(C(=O)Nc2ccc3c(c2)[C@]2(CCO3)CS(=O)(=O)C(C)(C)C(=N)N2)nc1. The number of hydrogen-bond acceptors (Lipinski definition) is 7. The van der Waals surface area contributed by atoms with Gasteiger partial charge in [0.15, 0.2) is 9.84 Å². The Hall–Kier alpha value is -3.14. The number of carbonyl (C=O) groups excluding carboxylic acids is 1. The molecular weight excluding hydrogens is 420 g/mol. The minimum absolute atomic E-state index is 0.0523. The highest BCUT2D eigenvalue weighted by atomic mass is 32.2. The molecule has 0 radical (unpaired) electrons. The average molecular weight is 445 g/mol. The van der Waals surface area contributed by atoms with Gasteiger partial charge in [0.05, 0.1) is 31.2 Å². The van der Waals surface area contributed by atoms with Gasteiger partial charge in [0, 0.05) is 17.7 Å². The quantitative estimate of drug-likeness (QED) is 0.661. The molecule has 3 N–H and O–H groups in total. The van der Waals surface area contributed by atoms with Gasteiger partial charge >= 0.3 is 0 Å². The molecule has 2 aromatic rings. The number of anilines is 1. The van der Waals surface area contributed by atoms with Crippen LogP contribution in [0.25, 0.3) is 0 Å². The molecule has 0 saturated carbocycles. The first-order valence-electron chi connectivity index (χ1n) is 9.76. The smallest absolute Gasteiger partial charge is 0.274 e. The minimum Gasteiger partial charge on any atom is -0.495 e. The summed E-state index contributed by atoms with van der Waals surface area (Å²) < 4.78 is 35.5. The van der Waals surface area contributed by atoms with E-state index >= 15 is 0 Å². The number of hydrogen-bond donors (Lipinski definition) is 3. The highest BCUT2D eigenvalue weighted by Gasteiger charge is 2.54. The van der Waals surface area contributed by atoms with Gasteiger partial charge in [-0.25, -0.2) is 13.4 Å². The normalized spacial score (nSPS) is 23.3. The Kier molecular flexibility index (Phi) is 4.92. The van der Waals surface area contributed by atoms with E-state index in [0.29, 0.717) is 35.8 Å². The molecule has 164 valence electrons. The molecule has 1 aromatic carbocycles. The van der Waals surface area contributed by atoms with E-state index in [0.717, 1.165) is 0 Å². The zero-order valence-corrected chi connectivity index (χ0v) is 18.3. The van der Waals surface area contributed by atoms with E-state index in [9.17, 15) is 13.2 Å². The van der Waals surface area contributed by atoms with Gasteiger partial charge in [-0.05, 0) is 44.2 Å². The van der Waals surface area contributed by atoms with Crippen molar-refractivity contribution in [3.63, 3.8) is 0 Å². The van der Waals surface area contributed by atoms with E-state index in [2.05, 4.69) is 15.6 Å². The summed E-state index contributed by atoms with van der Waals surface area (Å²) in [5, 5.41) is 14.3. The molecule has 0 bridgehead atoms. The summed E-state index contributed by atoms with van der Waals surface area (Å²) in [7, 11) is -2.08. The Labute approximate surface area is 180 Å². The lowest BCUT2D eigenvalue weighted by Crippen LogP contribution is -2.65. The lowest BCUT2D eigenvalue weighted by molar-refractivity contribution is 0.102. The highest BCUT2D eigenvalue weighted by Crippen LogP contribution is 2.43. The zero-order chi connectivity index (χ0) is 22.4. The van der Waals surface area contributed by atoms with Crippen LogP contribution in [0.4, 0.5) is 5.69 Å². The van der Waals surface area contributed by atoms with Crippen LogP contribution < -0.4 is 20.1 Å². The summed E-state index contributed by atoms with van der Waals surface area (Å²) in [6, 6.07) is 8.28. The predicted octanol–water partition coefficient (Wildman–Crippen LogP) is 2.09. The van der Waals surface area contributed by atoms with Crippen LogP contribution in [0.1, 0.15) is 36.3 Å². The monoisotopic (exact) mass is 444 g/mol. The summed E-state index contributed by atoms with van der Waals surface area (Å²) in [6.07, 6.45) is 1.84. The fourth-order valence-electron chi connectivity index (χ4n) is 3.77. The van der Waals surface area contributed by atoms with Crippen LogP contribution in [0, 0.1) is 5.41 Å². The number of methoxy groups -OCH3 is 1. The number of pyridine rings is 1. The number of fused-ring (bicyclic) bond motifs is 2. The third-order valence-corrected chi connectivity index (χ3v) is 8.56. The van der Waals surface area contributed by atoms with Gasteiger partial charge in [-0.3, -0.25) is 10.2 Å². The second-order valence-corrected chi connectivity index (χ2v) is 10.7. The number of carbonyl (C=O) groups is 1. The topological polar surface area (TPSA) is 130 Å². The van der Waals surface area contributed by atoms with Crippen LogP contribution in [0.3, 0.4) is 0 Å². The van der Waals surface area contributed by atoms with E-state index in [1.54, 1.807) is 30.3 Å². The largest absolute Gasteiger partial charge is 0.495 e. The van der Waals surface area contributed by atoms with Crippen molar-refractivity contribution in [1.82, 2.24) is 10.3 Å². The summed E-state index contributed by atoms with van der Waals surface area (Å²) in [4.78, 5) is 16.7. The van der Waals surface area contributed by atoms with Crippen LogP contribution in [0.2, 0.25) is 0 Å². The van der Waals surface area contributed by atoms with Crippen molar-refractivity contribution in [2.24, 2.45) is 0 Å².